The van der Waals surface area contributed by atoms with Gasteiger partial charge in [0.1, 0.15) is 6.04 Å². The Hall–Kier alpha value is -1.85. The second kappa shape index (κ2) is 5.47. The van der Waals surface area contributed by atoms with E-state index in [2.05, 4.69) is 10.6 Å². The summed E-state index contributed by atoms with van der Waals surface area (Å²) < 4.78 is 0. The van der Waals surface area contributed by atoms with Crippen molar-refractivity contribution in [1.29, 1.82) is 0 Å². The van der Waals surface area contributed by atoms with Crippen LogP contribution in [0, 0.1) is 0 Å². The molecular weight excluding hydrogens is 224 g/mol. The summed E-state index contributed by atoms with van der Waals surface area (Å²) in [6.07, 6.45) is 1.38. The molecule has 0 radical (unpaired) electrons. The van der Waals surface area contributed by atoms with Gasteiger partial charge in [-0.1, -0.05) is 0 Å². The number of aliphatic carboxylic acids is 1. The standard InChI is InChI=1S/C11H16N2O4/c1-6(7(2)11(16)17)9(14)13-8-4-3-5-12-10(8)15/h8H,3-5H2,1-2H3,(H,12,15)(H,13,14)(H,16,17). The van der Waals surface area contributed by atoms with E-state index in [0.29, 0.717) is 13.0 Å². The highest BCUT2D eigenvalue weighted by atomic mass is 16.4. The van der Waals surface area contributed by atoms with E-state index >= 15 is 0 Å². The first-order valence-electron chi connectivity index (χ1n) is 5.43. The summed E-state index contributed by atoms with van der Waals surface area (Å²) in [6.45, 7) is 3.41. The Morgan fingerprint density at radius 3 is 2.53 bits per heavy atom. The molecule has 0 aromatic carbocycles. The van der Waals surface area contributed by atoms with Crippen LogP contribution in [0.3, 0.4) is 0 Å². The number of carbonyl (C=O) groups excluding carboxylic acids is 2. The number of carbonyl (C=O) groups is 3. The van der Waals surface area contributed by atoms with E-state index < -0.39 is 17.9 Å². The maximum Gasteiger partial charge on any atom is 0.331 e. The van der Waals surface area contributed by atoms with Gasteiger partial charge in [0.15, 0.2) is 0 Å². The molecule has 1 saturated heterocycles. The van der Waals surface area contributed by atoms with Gasteiger partial charge < -0.3 is 15.7 Å². The minimum absolute atomic E-state index is 0.0151. The largest absolute Gasteiger partial charge is 0.478 e. The first kappa shape index (κ1) is 13.2. The first-order valence-corrected chi connectivity index (χ1v) is 5.43. The molecule has 6 nitrogen and oxygen atoms in total. The van der Waals surface area contributed by atoms with Crippen molar-refractivity contribution >= 4 is 17.8 Å². The third kappa shape index (κ3) is 3.30. The molecule has 1 heterocycles. The lowest BCUT2D eigenvalue weighted by molar-refractivity contribution is -0.133. The van der Waals surface area contributed by atoms with Gasteiger partial charge in [0, 0.05) is 17.7 Å². The molecule has 1 rings (SSSR count). The predicted molar refractivity (Wildman–Crippen MR) is 60.2 cm³/mol. The summed E-state index contributed by atoms with van der Waals surface area (Å²) in [7, 11) is 0. The van der Waals surface area contributed by atoms with Gasteiger partial charge >= 0.3 is 5.97 Å². The van der Waals surface area contributed by atoms with Crippen molar-refractivity contribution in [3.63, 3.8) is 0 Å². The number of amides is 2. The number of carboxylic acids is 1. The maximum absolute atomic E-state index is 11.7. The van der Waals surface area contributed by atoms with Crippen LogP contribution in [0.15, 0.2) is 11.1 Å². The van der Waals surface area contributed by atoms with Gasteiger partial charge in [0.05, 0.1) is 0 Å². The van der Waals surface area contributed by atoms with Crippen LogP contribution in [0.25, 0.3) is 0 Å². The molecule has 6 heteroatoms. The normalized spacial score (nSPS) is 21.3. The highest BCUT2D eigenvalue weighted by Gasteiger charge is 2.24. The summed E-state index contributed by atoms with van der Waals surface area (Å²) in [5, 5.41) is 13.9. The first-order chi connectivity index (χ1) is 7.93. The molecule has 17 heavy (non-hydrogen) atoms. The van der Waals surface area contributed by atoms with Crippen molar-refractivity contribution in [2.24, 2.45) is 0 Å². The van der Waals surface area contributed by atoms with Crippen LogP contribution in [-0.2, 0) is 14.4 Å². The Morgan fingerprint density at radius 1 is 1.35 bits per heavy atom. The van der Waals surface area contributed by atoms with Crippen molar-refractivity contribution in [1.82, 2.24) is 10.6 Å². The Labute approximate surface area is 99.1 Å². The average Bonchev–Trinajstić information content (AvgIpc) is 2.30. The lowest BCUT2D eigenvalue weighted by Crippen LogP contribution is -2.50. The van der Waals surface area contributed by atoms with Crippen LogP contribution >= 0.6 is 0 Å². The SMILES string of the molecule is CC(C(=O)O)=C(C)C(=O)NC1CCCNC1=O. The molecule has 0 bridgehead atoms. The minimum Gasteiger partial charge on any atom is -0.478 e. The number of nitrogens with one attached hydrogen (secondary N) is 2. The van der Waals surface area contributed by atoms with Gasteiger partial charge in [0.25, 0.3) is 0 Å². The third-order valence-corrected chi connectivity index (χ3v) is 2.81. The van der Waals surface area contributed by atoms with E-state index in [-0.39, 0.29) is 17.1 Å². The quantitative estimate of drug-likeness (QED) is 0.595. The third-order valence-electron chi connectivity index (χ3n) is 2.81. The van der Waals surface area contributed by atoms with E-state index in [0.717, 1.165) is 6.42 Å². The van der Waals surface area contributed by atoms with E-state index in [1.165, 1.54) is 13.8 Å². The van der Waals surface area contributed by atoms with Crippen LogP contribution in [-0.4, -0.2) is 35.5 Å². The van der Waals surface area contributed by atoms with E-state index in [4.69, 9.17) is 5.11 Å². The summed E-state index contributed by atoms with van der Waals surface area (Å²) in [5.74, 6) is -1.86. The summed E-state index contributed by atoms with van der Waals surface area (Å²) in [4.78, 5) is 33.8. The zero-order chi connectivity index (χ0) is 13.0. The van der Waals surface area contributed by atoms with E-state index in [9.17, 15) is 14.4 Å². The van der Waals surface area contributed by atoms with E-state index in [1.807, 2.05) is 0 Å². The predicted octanol–water partition coefficient (Wildman–Crippen LogP) is -0.198. The monoisotopic (exact) mass is 240 g/mol. The molecule has 2 amide bonds. The smallest absolute Gasteiger partial charge is 0.331 e. The molecule has 0 aromatic rings. The van der Waals surface area contributed by atoms with Crippen LogP contribution in [0.5, 0.6) is 0 Å². The van der Waals surface area contributed by atoms with Gasteiger partial charge in [-0.3, -0.25) is 9.59 Å². The average molecular weight is 240 g/mol. The van der Waals surface area contributed by atoms with Crippen LogP contribution in [0.1, 0.15) is 26.7 Å². The second-order valence-corrected chi connectivity index (χ2v) is 4.01. The molecule has 1 atom stereocenters. The van der Waals surface area contributed by atoms with Crippen molar-refractivity contribution in [2.75, 3.05) is 6.54 Å². The molecule has 0 aliphatic carbocycles. The molecule has 0 saturated carbocycles. The lowest BCUT2D eigenvalue weighted by atomic mass is 10.1. The Balaban J connectivity index is 2.69. The van der Waals surface area contributed by atoms with Gasteiger partial charge in [-0.25, -0.2) is 4.79 Å². The van der Waals surface area contributed by atoms with Crippen LogP contribution in [0.4, 0.5) is 0 Å². The van der Waals surface area contributed by atoms with Gasteiger partial charge in [-0.05, 0) is 26.7 Å². The summed E-state index contributed by atoms with van der Waals surface area (Å²) in [6, 6.07) is -0.562. The van der Waals surface area contributed by atoms with Gasteiger partial charge in [-0.15, -0.1) is 0 Å². The van der Waals surface area contributed by atoms with Gasteiger partial charge in [0.2, 0.25) is 11.8 Å². The zero-order valence-corrected chi connectivity index (χ0v) is 9.87. The molecule has 1 aliphatic heterocycles. The maximum atomic E-state index is 11.7. The lowest BCUT2D eigenvalue weighted by Gasteiger charge is -2.23. The molecule has 1 aliphatic rings. The minimum atomic E-state index is -1.13. The van der Waals surface area contributed by atoms with Crippen LogP contribution in [0.2, 0.25) is 0 Å². The fraction of sp³-hybridized carbons (Fsp3) is 0.545. The fourth-order valence-corrected chi connectivity index (χ4v) is 1.51. The van der Waals surface area contributed by atoms with Gasteiger partial charge in [-0.2, -0.15) is 0 Å². The zero-order valence-electron chi connectivity index (χ0n) is 9.87. The molecule has 1 fully saturated rings. The molecule has 0 spiro atoms. The van der Waals surface area contributed by atoms with Crippen molar-refractivity contribution in [2.45, 2.75) is 32.7 Å². The van der Waals surface area contributed by atoms with Crippen molar-refractivity contribution in [3.05, 3.63) is 11.1 Å². The molecule has 1 unspecified atom stereocenters. The second-order valence-electron chi connectivity index (χ2n) is 4.01. The highest BCUT2D eigenvalue weighted by molar-refractivity contribution is 6.02. The number of piperidine rings is 1. The van der Waals surface area contributed by atoms with E-state index in [1.54, 1.807) is 0 Å². The van der Waals surface area contributed by atoms with Crippen LogP contribution < -0.4 is 10.6 Å². The molecular formula is C11H16N2O4. The number of rotatable bonds is 3. The number of hydrogen-bond donors (Lipinski definition) is 3. The highest BCUT2D eigenvalue weighted by Crippen LogP contribution is 2.07. The molecule has 3 N–H and O–H groups in total. The topological polar surface area (TPSA) is 95.5 Å². The van der Waals surface area contributed by atoms with Crippen molar-refractivity contribution in [3.8, 4) is 0 Å². The van der Waals surface area contributed by atoms with Crippen molar-refractivity contribution < 1.29 is 19.5 Å². The fourth-order valence-electron chi connectivity index (χ4n) is 1.51. The number of hydrogen-bond acceptors (Lipinski definition) is 3. The Bertz CT molecular complexity index is 387. The summed E-state index contributed by atoms with van der Waals surface area (Å²) in [5.41, 5.74) is 0.106. The Kier molecular flexibility index (Phi) is 4.25. The summed E-state index contributed by atoms with van der Waals surface area (Å²) >= 11 is 0. The number of carboxylic acid groups (broad SMARTS) is 1. The molecule has 0 aromatic heterocycles. The Morgan fingerprint density at radius 2 is 2.00 bits per heavy atom. The molecule has 94 valence electrons.